The summed E-state index contributed by atoms with van der Waals surface area (Å²) in [6.45, 7) is 8.27. The van der Waals surface area contributed by atoms with Crippen LogP contribution in [0.5, 0.6) is 0 Å². The molecule has 100 valence electrons. The van der Waals surface area contributed by atoms with Gasteiger partial charge >= 0.3 is 12.1 Å². The van der Waals surface area contributed by atoms with Gasteiger partial charge in [0.2, 0.25) is 0 Å². The van der Waals surface area contributed by atoms with E-state index < -0.39 is 6.09 Å². The molecule has 1 rings (SSSR count). The van der Waals surface area contributed by atoms with Crippen molar-refractivity contribution in [3.05, 3.63) is 0 Å². The molecule has 6 nitrogen and oxygen atoms in total. The number of piperazine rings is 1. The molecule has 17 heavy (non-hydrogen) atoms. The van der Waals surface area contributed by atoms with Gasteiger partial charge in [-0.1, -0.05) is 6.92 Å². The van der Waals surface area contributed by atoms with Crippen molar-refractivity contribution in [1.29, 1.82) is 0 Å². The lowest BCUT2D eigenvalue weighted by Crippen LogP contribution is -2.45. The molecular weight excluding hydrogens is 224 g/mol. The van der Waals surface area contributed by atoms with Gasteiger partial charge in [-0.05, 0) is 13.8 Å². The Balaban J connectivity index is 0.000000304. The molecule has 1 heterocycles. The number of amides is 1. The number of carbonyl (C=O) groups is 2. The number of hydrogen-bond acceptors (Lipinski definition) is 4. The predicted octanol–water partition coefficient (Wildman–Crippen LogP) is 0.918. The minimum atomic E-state index is -0.809. The summed E-state index contributed by atoms with van der Waals surface area (Å²) in [4.78, 5) is 22.1. The van der Waals surface area contributed by atoms with Gasteiger partial charge in [-0.3, -0.25) is 4.79 Å². The Kier molecular flexibility index (Phi) is 8.13. The topological polar surface area (TPSA) is 78.9 Å². The average molecular weight is 246 g/mol. The first-order chi connectivity index (χ1) is 7.97. The van der Waals surface area contributed by atoms with E-state index in [-0.39, 0.29) is 12.1 Å². The van der Waals surface area contributed by atoms with Crippen LogP contribution >= 0.6 is 0 Å². The number of hydrogen-bond donors (Lipinski definition) is 2. The van der Waals surface area contributed by atoms with E-state index in [0.717, 1.165) is 13.1 Å². The van der Waals surface area contributed by atoms with Crippen LogP contribution in [0.2, 0.25) is 0 Å². The first kappa shape index (κ1) is 15.7. The van der Waals surface area contributed by atoms with Gasteiger partial charge in [-0.2, -0.15) is 0 Å². The molecule has 0 aliphatic carbocycles. The van der Waals surface area contributed by atoms with E-state index >= 15 is 0 Å². The van der Waals surface area contributed by atoms with E-state index in [1.54, 1.807) is 6.92 Å². The minimum absolute atomic E-state index is 0.0300. The molecule has 6 heteroatoms. The third-order valence-corrected chi connectivity index (χ3v) is 2.04. The number of nitrogens with one attached hydrogen (secondary N) is 1. The summed E-state index contributed by atoms with van der Waals surface area (Å²) in [5.74, 6) is -0.125. The van der Waals surface area contributed by atoms with Gasteiger partial charge in [0, 0.05) is 32.6 Å². The van der Waals surface area contributed by atoms with Crippen molar-refractivity contribution in [3.63, 3.8) is 0 Å². The highest BCUT2D eigenvalue weighted by Gasteiger charge is 2.13. The fourth-order valence-electron chi connectivity index (χ4n) is 1.20. The Hall–Kier alpha value is -1.30. The van der Waals surface area contributed by atoms with Crippen molar-refractivity contribution < 1.29 is 19.4 Å². The molecule has 2 N–H and O–H groups in total. The summed E-state index contributed by atoms with van der Waals surface area (Å²) in [5.41, 5.74) is 0. The van der Waals surface area contributed by atoms with Crippen LogP contribution in [0.15, 0.2) is 0 Å². The van der Waals surface area contributed by atoms with E-state index in [1.807, 2.05) is 13.8 Å². The lowest BCUT2D eigenvalue weighted by Gasteiger charge is -2.23. The maximum atomic E-state index is 10.4. The molecule has 1 aliphatic rings. The smallest absolute Gasteiger partial charge is 0.407 e. The van der Waals surface area contributed by atoms with Gasteiger partial charge < -0.3 is 20.1 Å². The second-order valence-corrected chi connectivity index (χ2v) is 3.91. The van der Waals surface area contributed by atoms with Crippen molar-refractivity contribution in [2.45, 2.75) is 33.3 Å². The molecule has 1 amide bonds. The molecule has 1 fully saturated rings. The van der Waals surface area contributed by atoms with Crippen LogP contribution in [0.3, 0.4) is 0 Å². The molecule has 0 unspecified atom stereocenters. The summed E-state index contributed by atoms with van der Waals surface area (Å²) in [6.07, 6.45) is -0.308. The van der Waals surface area contributed by atoms with Gasteiger partial charge in [-0.15, -0.1) is 0 Å². The van der Waals surface area contributed by atoms with Gasteiger partial charge in [0.15, 0.2) is 0 Å². The Morgan fingerprint density at radius 2 is 1.88 bits per heavy atom. The largest absolute Gasteiger partial charge is 0.465 e. The molecule has 0 spiro atoms. The SMILES string of the molecule is CCC(=O)OC(C)C.O=C(O)N1CCNCC1. The second kappa shape index (κ2) is 8.81. The quantitative estimate of drug-likeness (QED) is 0.708. The van der Waals surface area contributed by atoms with Crippen molar-refractivity contribution in [1.82, 2.24) is 10.2 Å². The summed E-state index contributed by atoms with van der Waals surface area (Å²) >= 11 is 0. The Morgan fingerprint density at radius 1 is 1.35 bits per heavy atom. The number of ether oxygens (including phenoxy) is 1. The first-order valence-corrected chi connectivity index (χ1v) is 5.85. The summed E-state index contributed by atoms with van der Waals surface area (Å²) in [7, 11) is 0. The predicted molar refractivity (Wildman–Crippen MR) is 64.0 cm³/mol. The Labute approximate surface area is 102 Å². The molecule has 0 aromatic carbocycles. The van der Waals surface area contributed by atoms with Crippen LogP contribution in [-0.4, -0.2) is 54.4 Å². The highest BCUT2D eigenvalue weighted by atomic mass is 16.5. The van der Waals surface area contributed by atoms with Crippen LogP contribution in [0.1, 0.15) is 27.2 Å². The number of rotatable bonds is 2. The number of nitrogens with zero attached hydrogens (tertiary/aromatic N) is 1. The van der Waals surface area contributed by atoms with E-state index in [0.29, 0.717) is 19.5 Å². The van der Waals surface area contributed by atoms with Gasteiger partial charge in [0.25, 0.3) is 0 Å². The number of carboxylic acid groups (broad SMARTS) is 1. The maximum Gasteiger partial charge on any atom is 0.407 e. The molecule has 0 aromatic rings. The Bertz CT molecular complexity index is 238. The average Bonchev–Trinajstić information content (AvgIpc) is 2.30. The van der Waals surface area contributed by atoms with Crippen LogP contribution < -0.4 is 5.32 Å². The first-order valence-electron chi connectivity index (χ1n) is 5.85. The molecule has 0 saturated carbocycles. The molecule has 0 bridgehead atoms. The third-order valence-electron chi connectivity index (χ3n) is 2.04. The van der Waals surface area contributed by atoms with Crippen LogP contribution in [0, 0.1) is 0 Å². The third kappa shape index (κ3) is 8.50. The minimum Gasteiger partial charge on any atom is -0.465 e. The molecule has 0 atom stereocenters. The van der Waals surface area contributed by atoms with Gasteiger partial charge in [0.1, 0.15) is 0 Å². The zero-order valence-corrected chi connectivity index (χ0v) is 10.7. The van der Waals surface area contributed by atoms with E-state index in [2.05, 4.69) is 5.32 Å². The zero-order valence-electron chi connectivity index (χ0n) is 10.7. The maximum absolute atomic E-state index is 10.4. The molecule has 1 aliphatic heterocycles. The lowest BCUT2D eigenvalue weighted by molar-refractivity contribution is -0.146. The van der Waals surface area contributed by atoms with Crippen LogP contribution in [0.25, 0.3) is 0 Å². The van der Waals surface area contributed by atoms with Crippen molar-refractivity contribution in [3.8, 4) is 0 Å². The zero-order chi connectivity index (χ0) is 13.3. The fourth-order valence-corrected chi connectivity index (χ4v) is 1.20. The molecule has 0 aromatic heterocycles. The second-order valence-electron chi connectivity index (χ2n) is 3.91. The van der Waals surface area contributed by atoms with Gasteiger partial charge in [-0.25, -0.2) is 4.79 Å². The molecule has 1 saturated heterocycles. The monoisotopic (exact) mass is 246 g/mol. The highest BCUT2D eigenvalue weighted by Crippen LogP contribution is 1.91. The Morgan fingerprint density at radius 3 is 2.12 bits per heavy atom. The molecular formula is C11H22N2O4. The van der Waals surface area contributed by atoms with Crippen molar-refractivity contribution >= 4 is 12.1 Å². The highest BCUT2D eigenvalue weighted by molar-refractivity contribution is 5.69. The van der Waals surface area contributed by atoms with E-state index in [4.69, 9.17) is 9.84 Å². The van der Waals surface area contributed by atoms with E-state index in [9.17, 15) is 9.59 Å². The summed E-state index contributed by atoms with van der Waals surface area (Å²) in [6, 6.07) is 0. The number of carbonyl (C=O) groups excluding carboxylic acids is 1. The summed E-state index contributed by atoms with van der Waals surface area (Å²) in [5, 5.41) is 11.5. The van der Waals surface area contributed by atoms with E-state index in [1.165, 1.54) is 4.90 Å². The van der Waals surface area contributed by atoms with Crippen LogP contribution in [0.4, 0.5) is 4.79 Å². The standard InChI is InChI=1S/C6H12O2.C5H10N2O2/c1-4-6(7)8-5(2)3;8-5(9)7-3-1-6-2-4-7/h5H,4H2,1-3H3;6H,1-4H2,(H,8,9). The van der Waals surface area contributed by atoms with Crippen molar-refractivity contribution in [2.75, 3.05) is 26.2 Å². The summed E-state index contributed by atoms with van der Waals surface area (Å²) < 4.78 is 4.76. The van der Waals surface area contributed by atoms with Gasteiger partial charge in [0.05, 0.1) is 6.10 Å². The van der Waals surface area contributed by atoms with Crippen LogP contribution in [-0.2, 0) is 9.53 Å². The lowest BCUT2D eigenvalue weighted by atomic mass is 10.4. The number of esters is 1. The normalized spacial score (nSPS) is 14.9. The fraction of sp³-hybridized carbons (Fsp3) is 0.818. The van der Waals surface area contributed by atoms with Crippen molar-refractivity contribution in [2.24, 2.45) is 0 Å². The molecule has 0 radical (unpaired) electrons.